The Morgan fingerprint density at radius 2 is 2.05 bits per heavy atom. The molecule has 0 spiro atoms. The number of ketones is 1. The summed E-state index contributed by atoms with van der Waals surface area (Å²) in [5.74, 6) is -2.30. The number of nitrogens with one attached hydrogen (secondary N) is 1. The van der Waals surface area contributed by atoms with Crippen molar-refractivity contribution >= 4 is 17.7 Å². The molecule has 1 aliphatic carbocycles. The number of H-pyrrole nitrogens is 1. The molecule has 21 heavy (non-hydrogen) atoms. The van der Waals surface area contributed by atoms with Crippen LogP contribution in [0.25, 0.3) is 0 Å². The topological polar surface area (TPSA) is 85.5 Å². The fourth-order valence-corrected chi connectivity index (χ4v) is 2.87. The van der Waals surface area contributed by atoms with Crippen LogP contribution < -0.4 is 0 Å². The summed E-state index contributed by atoms with van der Waals surface area (Å²) in [6.45, 7) is 5.49. The fourth-order valence-electron chi connectivity index (χ4n) is 2.87. The molecule has 0 unspecified atom stereocenters. The number of fused-ring (bicyclic) bond motifs is 1. The molecule has 0 amide bonds. The second-order valence-corrected chi connectivity index (χ2v) is 5.25. The highest BCUT2D eigenvalue weighted by atomic mass is 16.5. The van der Waals surface area contributed by atoms with Crippen molar-refractivity contribution in [1.29, 1.82) is 0 Å². The summed E-state index contributed by atoms with van der Waals surface area (Å²) in [5, 5.41) is 0. The lowest BCUT2D eigenvalue weighted by atomic mass is 9.77. The van der Waals surface area contributed by atoms with E-state index >= 15 is 0 Å². The van der Waals surface area contributed by atoms with Crippen molar-refractivity contribution in [3.05, 3.63) is 22.5 Å². The van der Waals surface area contributed by atoms with Gasteiger partial charge in [-0.15, -0.1) is 0 Å². The molecule has 0 fully saturated rings. The van der Waals surface area contributed by atoms with Gasteiger partial charge in [-0.25, -0.2) is 4.79 Å². The molecule has 6 nitrogen and oxygen atoms in total. The van der Waals surface area contributed by atoms with Crippen LogP contribution in [0, 0.1) is 18.8 Å². The summed E-state index contributed by atoms with van der Waals surface area (Å²) >= 11 is 0. The minimum Gasteiger partial charge on any atom is -0.468 e. The van der Waals surface area contributed by atoms with Gasteiger partial charge in [0.1, 0.15) is 11.6 Å². The zero-order chi connectivity index (χ0) is 15.7. The molecule has 6 heteroatoms. The first-order chi connectivity index (χ1) is 9.92. The van der Waals surface area contributed by atoms with Gasteiger partial charge < -0.3 is 14.5 Å². The molecule has 0 saturated heterocycles. The van der Waals surface area contributed by atoms with E-state index in [9.17, 15) is 14.4 Å². The van der Waals surface area contributed by atoms with E-state index in [-0.39, 0.29) is 24.0 Å². The Hall–Kier alpha value is -2.11. The zero-order valence-electron chi connectivity index (χ0n) is 12.6. The van der Waals surface area contributed by atoms with E-state index in [2.05, 4.69) is 4.98 Å². The van der Waals surface area contributed by atoms with Gasteiger partial charge in [0.2, 0.25) is 0 Å². The molecule has 1 heterocycles. The molecule has 0 aromatic carbocycles. The summed E-state index contributed by atoms with van der Waals surface area (Å²) in [4.78, 5) is 39.2. The molecule has 2 rings (SSSR count). The molecule has 114 valence electrons. The van der Waals surface area contributed by atoms with Crippen LogP contribution in [-0.4, -0.2) is 36.4 Å². The SMILES string of the molecule is CCOC(=O)c1[nH]c2c(c1C)C(=O)[C@@H](C(=O)OC)[C@@H](C)C2. The zero-order valence-corrected chi connectivity index (χ0v) is 12.6. The lowest BCUT2D eigenvalue weighted by Crippen LogP contribution is -2.36. The Morgan fingerprint density at radius 3 is 2.62 bits per heavy atom. The third-order valence-electron chi connectivity index (χ3n) is 3.89. The van der Waals surface area contributed by atoms with Crippen molar-refractivity contribution in [2.75, 3.05) is 13.7 Å². The molecular formula is C15H19NO5. The smallest absolute Gasteiger partial charge is 0.355 e. The largest absolute Gasteiger partial charge is 0.468 e. The van der Waals surface area contributed by atoms with Gasteiger partial charge in [-0.3, -0.25) is 9.59 Å². The number of hydrogen-bond acceptors (Lipinski definition) is 5. The van der Waals surface area contributed by atoms with Crippen molar-refractivity contribution in [2.24, 2.45) is 11.8 Å². The molecule has 0 aliphatic heterocycles. The van der Waals surface area contributed by atoms with Gasteiger partial charge in [0.15, 0.2) is 5.78 Å². The molecular weight excluding hydrogens is 274 g/mol. The van der Waals surface area contributed by atoms with Crippen LogP contribution in [0.15, 0.2) is 0 Å². The molecule has 0 radical (unpaired) electrons. The minimum atomic E-state index is -0.813. The van der Waals surface area contributed by atoms with E-state index in [0.717, 1.165) is 0 Å². The predicted molar refractivity (Wildman–Crippen MR) is 74.2 cm³/mol. The second kappa shape index (κ2) is 5.71. The van der Waals surface area contributed by atoms with Gasteiger partial charge in [0.05, 0.1) is 13.7 Å². The number of Topliss-reactive ketones (excluding diaryl/α,β-unsaturated/α-hetero) is 1. The maximum Gasteiger partial charge on any atom is 0.355 e. The molecule has 1 aromatic rings. The van der Waals surface area contributed by atoms with Gasteiger partial charge in [-0.2, -0.15) is 0 Å². The first-order valence-corrected chi connectivity index (χ1v) is 6.92. The van der Waals surface area contributed by atoms with Crippen LogP contribution in [0.2, 0.25) is 0 Å². The van der Waals surface area contributed by atoms with Crippen LogP contribution >= 0.6 is 0 Å². The monoisotopic (exact) mass is 293 g/mol. The normalized spacial score (nSPS) is 20.9. The number of carbonyl (C=O) groups is 3. The number of carbonyl (C=O) groups excluding carboxylic acids is 3. The van der Waals surface area contributed by atoms with E-state index in [0.29, 0.717) is 23.2 Å². The molecule has 0 bridgehead atoms. The third-order valence-corrected chi connectivity index (χ3v) is 3.89. The van der Waals surface area contributed by atoms with Gasteiger partial charge >= 0.3 is 11.9 Å². The number of aromatic nitrogens is 1. The van der Waals surface area contributed by atoms with Crippen LogP contribution in [0.4, 0.5) is 0 Å². The summed E-state index contributed by atoms with van der Waals surface area (Å²) in [6.07, 6.45) is 0.515. The molecule has 1 aromatic heterocycles. The van der Waals surface area contributed by atoms with Crippen molar-refractivity contribution in [2.45, 2.75) is 27.2 Å². The van der Waals surface area contributed by atoms with Gasteiger partial charge in [0, 0.05) is 11.3 Å². The number of rotatable bonds is 3. The quantitative estimate of drug-likeness (QED) is 0.676. The highest BCUT2D eigenvalue weighted by Gasteiger charge is 2.41. The first kappa shape index (κ1) is 15.3. The Morgan fingerprint density at radius 1 is 1.38 bits per heavy atom. The number of aromatic amines is 1. The van der Waals surface area contributed by atoms with E-state index in [1.165, 1.54) is 7.11 Å². The van der Waals surface area contributed by atoms with E-state index in [4.69, 9.17) is 9.47 Å². The Bertz CT molecular complexity index is 601. The molecule has 0 saturated carbocycles. The van der Waals surface area contributed by atoms with E-state index in [1.54, 1.807) is 13.8 Å². The summed E-state index contributed by atoms with van der Waals surface area (Å²) in [7, 11) is 1.27. The third kappa shape index (κ3) is 2.46. The fraction of sp³-hybridized carbons (Fsp3) is 0.533. The maximum atomic E-state index is 12.6. The summed E-state index contributed by atoms with van der Waals surface area (Å²) in [6, 6.07) is 0. The lowest BCUT2D eigenvalue weighted by molar-refractivity contribution is -0.145. The lowest BCUT2D eigenvalue weighted by Gasteiger charge is -2.25. The number of methoxy groups -OCH3 is 1. The Kier molecular flexibility index (Phi) is 4.16. The number of ether oxygens (including phenoxy) is 2. The Balaban J connectivity index is 2.45. The van der Waals surface area contributed by atoms with Crippen molar-refractivity contribution < 1.29 is 23.9 Å². The first-order valence-electron chi connectivity index (χ1n) is 6.92. The van der Waals surface area contributed by atoms with Crippen LogP contribution in [0.1, 0.15) is 46.0 Å². The van der Waals surface area contributed by atoms with Gasteiger partial charge in [0.25, 0.3) is 0 Å². The maximum absolute atomic E-state index is 12.6. The summed E-state index contributed by atoms with van der Waals surface area (Å²) in [5.41, 5.74) is 1.93. The summed E-state index contributed by atoms with van der Waals surface area (Å²) < 4.78 is 9.69. The van der Waals surface area contributed by atoms with Crippen LogP contribution in [-0.2, 0) is 20.7 Å². The van der Waals surface area contributed by atoms with Crippen molar-refractivity contribution in [1.82, 2.24) is 4.98 Å². The van der Waals surface area contributed by atoms with E-state index < -0.39 is 17.9 Å². The predicted octanol–water partition coefficient (Wildman–Crippen LogP) is 1.66. The molecule has 2 atom stereocenters. The minimum absolute atomic E-state index is 0.175. The number of hydrogen-bond donors (Lipinski definition) is 1. The highest BCUT2D eigenvalue weighted by Crippen LogP contribution is 2.34. The molecule has 1 N–H and O–H groups in total. The van der Waals surface area contributed by atoms with Crippen molar-refractivity contribution in [3.63, 3.8) is 0 Å². The average molecular weight is 293 g/mol. The standard InChI is InChI=1S/C15H19NO5/c1-5-21-15(19)12-8(3)11-9(16-12)6-7(2)10(13(11)17)14(18)20-4/h7,10,16H,5-6H2,1-4H3/t7-,10-/m0/s1. The molecule has 1 aliphatic rings. The Labute approximate surface area is 122 Å². The second-order valence-electron chi connectivity index (χ2n) is 5.25. The van der Waals surface area contributed by atoms with Crippen molar-refractivity contribution in [3.8, 4) is 0 Å². The number of esters is 2. The highest BCUT2D eigenvalue weighted by molar-refractivity contribution is 6.12. The van der Waals surface area contributed by atoms with Crippen LogP contribution in [0.3, 0.4) is 0 Å². The van der Waals surface area contributed by atoms with E-state index in [1.807, 2.05) is 6.92 Å². The van der Waals surface area contributed by atoms with Crippen LogP contribution in [0.5, 0.6) is 0 Å². The van der Waals surface area contributed by atoms with Gasteiger partial charge in [-0.05, 0) is 31.7 Å². The average Bonchev–Trinajstić information content (AvgIpc) is 2.75. The van der Waals surface area contributed by atoms with Gasteiger partial charge in [-0.1, -0.05) is 6.92 Å².